The van der Waals surface area contributed by atoms with E-state index >= 15 is 0 Å². The summed E-state index contributed by atoms with van der Waals surface area (Å²) >= 11 is 0. The maximum atomic E-state index is 12.6. The van der Waals surface area contributed by atoms with E-state index in [1.807, 2.05) is 38.1 Å². The van der Waals surface area contributed by atoms with Crippen LogP contribution < -0.4 is 10.1 Å². The van der Waals surface area contributed by atoms with E-state index in [2.05, 4.69) is 24.1 Å². The third kappa shape index (κ3) is 2.80. The second-order valence-electron chi connectivity index (χ2n) is 6.29. The Morgan fingerprint density at radius 3 is 2.58 bits per heavy atom. The molecule has 0 aliphatic heterocycles. The van der Waals surface area contributed by atoms with Crippen molar-refractivity contribution in [1.29, 1.82) is 0 Å². The quantitative estimate of drug-likeness (QED) is 0.932. The molecule has 4 heteroatoms. The number of carbonyl (C=O) groups is 1. The maximum absolute atomic E-state index is 12.6. The Hall–Kier alpha value is -2.62. The predicted octanol–water partition coefficient (Wildman–Crippen LogP) is 3.90. The lowest BCUT2D eigenvalue weighted by atomic mass is 10.0. The summed E-state index contributed by atoms with van der Waals surface area (Å²) in [7, 11) is 1.64. The van der Waals surface area contributed by atoms with Crippen LogP contribution >= 0.6 is 0 Å². The zero-order valence-corrected chi connectivity index (χ0v) is 14.8. The molecule has 2 aromatic rings. The second kappa shape index (κ2) is 6.11. The summed E-state index contributed by atoms with van der Waals surface area (Å²) in [4.78, 5) is 17.2. The number of aryl methyl sites for hydroxylation is 1. The number of hydrogen-bond donors (Lipinski definition) is 1. The van der Waals surface area contributed by atoms with Crippen molar-refractivity contribution in [2.45, 2.75) is 34.1 Å². The summed E-state index contributed by atoms with van der Waals surface area (Å²) in [5.74, 6) is 1.35. The lowest BCUT2D eigenvalue weighted by Crippen LogP contribution is -2.17. The molecular weight excluding hydrogens is 300 g/mol. The topological polar surface area (TPSA) is 51.2 Å². The van der Waals surface area contributed by atoms with Gasteiger partial charge in [-0.25, -0.2) is 4.98 Å². The van der Waals surface area contributed by atoms with Crippen LogP contribution in [0.4, 0.5) is 5.82 Å². The average molecular weight is 322 g/mol. The number of methoxy groups -OCH3 is 1. The van der Waals surface area contributed by atoms with Crippen LogP contribution in [-0.4, -0.2) is 18.0 Å². The molecule has 1 aliphatic carbocycles. The van der Waals surface area contributed by atoms with E-state index in [0.717, 1.165) is 33.7 Å². The highest BCUT2D eigenvalue weighted by molar-refractivity contribution is 6.08. The van der Waals surface area contributed by atoms with Gasteiger partial charge in [-0.05, 0) is 73.7 Å². The SMILES string of the molecule is COc1ccc2c(c1)C=C(C(=O)Nc1nc(C)c(C)c(C)c1C)C2. The molecule has 1 aliphatic rings. The zero-order valence-electron chi connectivity index (χ0n) is 14.8. The number of aromatic nitrogens is 1. The van der Waals surface area contributed by atoms with E-state index in [0.29, 0.717) is 12.2 Å². The highest BCUT2D eigenvalue weighted by Crippen LogP contribution is 2.29. The fraction of sp³-hybridized carbons (Fsp3) is 0.300. The van der Waals surface area contributed by atoms with E-state index in [4.69, 9.17) is 4.74 Å². The molecule has 1 aromatic carbocycles. The lowest BCUT2D eigenvalue weighted by Gasteiger charge is -2.14. The van der Waals surface area contributed by atoms with Crippen LogP contribution in [-0.2, 0) is 11.2 Å². The molecule has 124 valence electrons. The van der Waals surface area contributed by atoms with Crippen molar-refractivity contribution < 1.29 is 9.53 Å². The van der Waals surface area contributed by atoms with Gasteiger partial charge in [0.25, 0.3) is 5.91 Å². The predicted molar refractivity (Wildman–Crippen MR) is 96.5 cm³/mol. The van der Waals surface area contributed by atoms with Gasteiger partial charge in [0.2, 0.25) is 0 Å². The number of ether oxygens (including phenoxy) is 1. The van der Waals surface area contributed by atoms with Gasteiger partial charge < -0.3 is 10.1 Å². The van der Waals surface area contributed by atoms with Crippen LogP contribution in [0.15, 0.2) is 23.8 Å². The van der Waals surface area contributed by atoms with E-state index < -0.39 is 0 Å². The highest BCUT2D eigenvalue weighted by Gasteiger charge is 2.20. The minimum absolute atomic E-state index is 0.0941. The number of hydrogen-bond acceptors (Lipinski definition) is 3. The van der Waals surface area contributed by atoms with Gasteiger partial charge in [0.05, 0.1) is 7.11 Å². The van der Waals surface area contributed by atoms with Crippen molar-refractivity contribution in [3.63, 3.8) is 0 Å². The Bertz CT molecular complexity index is 866. The smallest absolute Gasteiger partial charge is 0.253 e. The van der Waals surface area contributed by atoms with Crippen molar-refractivity contribution in [1.82, 2.24) is 4.98 Å². The molecule has 4 nitrogen and oxygen atoms in total. The van der Waals surface area contributed by atoms with Crippen LogP contribution in [0, 0.1) is 27.7 Å². The summed E-state index contributed by atoms with van der Waals surface area (Å²) in [5.41, 5.74) is 7.24. The first-order chi connectivity index (χ1) is 11.4. The summed E-state index contributed by atoms with van der Waals surface area (Å²) in [5, 5.41) is 2.97. The average Bonchev–Trinajstić information content (AvgIpc) is 3.00. The Morgan fingerprint density at radius 2 is 1.88 bits per heavy atom. The number of rotatable bonds is 3. The number of benzene rings is 1. The number of nitrogens with one attached hydrogen (secondary N) is 1. The van der Waals surface area contributed by atoms with Gasteiger partial charge in [-0.15, -0.1) is 0 Å². The van der Waals surface area contributed by atoms with E-state index in [1.165, 1.54) is 11.1 Å². The molecule has 0 unspecified atom stereocenters. The fourth-order valence-electron chi connectivity index (χ4n) is 2.96. The van der Waals surface area contributed by atoms with E-state index in [1.54, 1.807) is 7.11 Å². The Labute approximate surface area is 142 Å². The number of anilines is 1. The first kappa shape index (κ1) is 16.2. The molecule has 0 fully saturated rings. The van der Waals surface area contributed by atoms with Crippen LogP contribution in [0.2, 0.25) is 0 Å². The minimum atomic E-state index is -0.0941. The number of carbonyl (C=O) groups excluding carboxylic acids is 1. The van der Waals surface area contributed by atoms with Gasteiger partial charge in [0, 0.05) is 17.7 Å². The van der Waals surface area contributed by atoms with Gasteiger partial charge in [-0.1, -0.05) is 6.07 Å². The van der Waals surface area contributed by atoms with Gasteiger partial charge in [-0.3, -0.25) is 4.79 Å². The summed E-state index contributed by atoms with van der Waals surface area (Å²) in [6.07, 6.45) is 2.56. The standard InChI is InChI=1S/C20H22N2O2/c1-11-12(2)14(4)21-19(13(11)3)22-20(23)17-8-15-6-7-18(24-5)10-16(15)9-17/h6-7,9-10H,8H2,1-5H3,(H,21,22,23). The largest absolute Gasteiger partial charge is 0.497 e. The molecule has 0 bridgehead atoms. The molecule has 1 amide bonds. The number of fused-ring (bicyclic) bond motifs is 1. The molecule has 1 heterocycles. The van der Waals surface area contributed by atoms with Crippen molar-refractivity contribution in [3.8, 4) is 5.75 Å². The number of amides is 1. The second-order valence-corrected chi connectivity index (χ2v) is 6.29. The van der Waals surface area contributed by atoms with E-state index in [-0.39, 0.29) is 5.91 Å². The molecule has 0 saturated heterocycles. The lowest BCUT2D eigenvalue weighted by molar-refractivity contribution is -0.112. The molecule has 3 rings (SSSR count). The van der Waals surface area contributed by atoms with Crippen LogP contribution in [0.5, 0.6) is 5.75 Å². The summed E-state index contributed by atoms with van der Waals surface area (Å²) < 4.78 is 5.24. The molecule has 1 N–H and O–H groups in total. The molecular formula is C20H22N2O2. The van der Waals surface area contributed by atoms with Crippen molar-refractivity contribution in [2.75, 3.05) is 12.4 Å². The van der Waals surface area contributed by atoms with Crippen LogP contribution in [0.1, 0.15) is 33.5 Å². The molecule has 0 radical (unpaired) electrons. The first-order valence-electron chi connectivity index (χ1n) is 8.04. The molecule has 0 saturated carbocycles. The fourth-order valence-corrected chi connectivity index (χ4v) is 2.96. The van der Waals surface area contributed by atoms with Crippen molar-refractivity contribution >= 4 is 17.8 Å². The number of nitrogens with zero attached hydrogens (tertiary/aromatic N) is 1. The summed E-state index contributed by atoms with van der Waals surface area (Å²) in [6.45, 7) is 8.08. The third-order valence-electron chi connectivity index (χ3n) is 4.89. The van der Waals surface area contributed by atoms with Crippen LogP contribution in [0.25, 0.3) is 6.08 Å². The van der Waals surface area contributed by atoms with Gasteiger partial charge in [-0.2, -0.15) is 0 Å². The maximum Gasteiger partial charge on any atom is 0.253 e. The minimum Gasteiger partial charge on any atom is -0.497 e. The normalized spacial score (nSPS) is 12.6. The highest BCUT2D eigenvalue weighted by atomic mass is 16.5. The van der Waals surface area contributed by atoms with Gasteiger partial charge >= 0.3 is 0 Å². The van der Waals surface area contributed by atoms with Crippen molar-refractivity contribution in [3.05, 3.63) is 57.3 Å². The summed E-state index contributed by atoms with van der Waals surface area (Å²) in [6, 6.07) is 5.89. The first-order valence-corrected chi connectivity index (χ1v) is 8.04. The molecule has 1 aromatic heterocycles. The molecule has 0 atom stereocenters. The zero-order chi connectivity index (χ0) is 17.4. The Kier molecular flexibility index (Phi) is 4.14. The monoisotopic (exact) mass is 322 g/mol. The van der Waals surface area contributed by atoms with E-state index in [9.17, 15) is 4.79 Å². The van der Waals surface area contributed by atoms with Gasteiger partial charge in [0.15, 0.2) is 0 Å². The Morgan fingerprint density at radius 1 is 1.12 bits per heavy atom. The van der Waals surface area contributed by atoms with Crippen molar-refractivity contribution in [2.24, 2.45) is 0 Å². The van der Waals surface area contributed by atoms with Gasteiger partial charge in [0.1, 0.15) is 11.6 Å². The molecule has 0 spiro atoms. The number of pyridine rings is 1. The third-order valence-corrected chi connectivity index (χ3v) is 4.89. The Balaban J connectivity index is 1.85. The molecule has 24 heavy (non-hydrogen) atoms. The van der Waals surface area contributed by atoms with Crippen LogP contribution in [0.3, 0.4) is 0 Å².